The highest BCUT2D eigenvalue weighted by molar-refractivity contribution is 7.17. The zero-order valence-electron chi connectivity index (χ0n) is 12.5. The predicted molar refractivity (Wildman–Crippen MR) is 89.2 cm³/mol. The number of halogens is 1. The SMILES string of the molecule is CC1CCc2c(sc(NC(=O)c3ccc(Cl)cc3)c2C(=O)[O-])C1. The third kappa shape index (κ3) is 3.26. The van der Waals surface area contributed by atoms with Crippen LogP contribution in [-0.2, 0) is 12.8 Å². The van der Waals surface area contributed by atoms with Gasteiger partial charge in [-0.3, -0.25) is 4.79 Å². The second-order valence-electron chi connectivity index (χ2n) is 5.80. The van der Waals surface area contributed by atoms with Gasteiger partial charge in [0.25, 0.3) is 5.91 Å². The lowest BCUT2D eigenvalue weighted by atomic mass is 9.88. The van der Waals surface area contributed by atoms with Crippen molar-refractivity contribution in [1.82, 2.24) is 0 Å². The van der Waals surface area contributed by atoms with Crippen LogP contribution in [0.4, 0.5) is 5.00 Å². The number of benzene rings is 1. The van der Waals surface area contributed by atoms with Crippen molar-refractivity contribution in [2.24, 2.45) is 5.92 Å². The molecule has 1 atom stereocenters. The van der Waals surface area contributed by atoms with Crippen LogP contribution in [0.15, 0.2) is 24.3 Å². The van der Waals surface area contributed by atoms with Crippen LogP contribution in [0.25, 0.3) is 0 Å². The fourth-order valence-electron chi connectivity index (χ4n) is 2.83. The van der Waals surface area contributed by atoms with Crippen molar-refractivity contribution in [2.75, 3.05) is 5.32 Å². The molecule has 1 aromatic heterocycles. The van der Waals surface area contributed by atoms with Crippen LogP contribution in [0.3, 0.4) is 0 Å². The Bertz CT molecular complexity index is 767. The van der Waals surface area contributed by atoms with Crippen molar-refractivity contribution in [2.45, 2.75) is 26.2 Å². The minimum absolute atomic E-state index is 0.138. The third-order valence-corrected chi connectivity index (χ3v) is 5.47. The fraction of sp³-hybridized carbons (Fsp3) is 0.294. The van der Waals surface area contributed by atoms with Gasteiger partial charge in [-0.25, -0.2) is 0 Å². The highest BCUT2D eigenvalue weighted by Gasteiger charge is 2.25. The first-order valence-electron chi connectivity index (χ1n) is 7.38. The normalized spacial score (nSPS) is 16.7. The Kier molecular flexibility index (Phi) is 4.41. The first kappa shape index (κ1) is 16.0. The van der Waals surface area contributed by atoms with Gasteiger partial charge < -0.3 is 15.2 Å². The molecule has 0 spiro atoms. The van der Waals surface area contributed by atoms with E-state index in [2.05, 4.69) is 12.2 Å². The molecule has 23 heavy (non-hydrogen) atoms. The summed E-state index contributed by atoms with van der Waals surface area (Å²) in [4.78, 5) is 24.9. The van der Waals surface area contributed by atoms with Gasteiger partial charge in [0.1, 0.15) is 5.00 Å². The highest BCUT2D eigenvalue weighted by Crippen LogP contribution is 2.39. The van der Waals surface area contributed by atoms with E-state index in [1.54, 1.807) is 24.3 Å². The van der Waals surface area contributed by atoms with E-state index in [4.69, 9.17) is 11.6 Å². The number of carbonyl (C=O) groups is 2. The molecular formula is C17H15ClNO3S-. The van der Waals surface area contributed by atoms with E-state index in [1.807, 2.05) is 0 Å². The van der Waals surface area contributed by atoms with E-state index in [0.717, 1.165) is 23.3 Å². The van der Waals surface area contributed by atoms with Crippen molar-refractivity contribution >= 4 is 39.8 Å². The Morgan fingerprint density at radius 3 is 2.65 bits per heavy atom. The maximum absolute atomic E-state index is 12.3. The molecular weight excluding hydrogens is 334 g/mol. The van der Waals surface area contributed by atoms with Gasteiger partial charge in [0.15, 0.2) is 0 Å². The van der Waals surface area contributed by atoms with Gasteiger partial charge >= 0.3 is 0 Å². The molecule has 1 amide bonds. The smallest absolute Gasteiger partial charge is 0.256 e. The van der Waals surface area contributed by atoms with Gasteiger partial charge in [-0.05, 0) is 55.0 Å². The molecule has 0 radical (unpaired) electrons. The van der Waals surface area contributed by atoms with Crippen LogP contribution in [0, 0.1) is 5.92 Å². The van der Waals surface area contributed by atoms with Crippen molar-refractivity contribution in [3.63, 3.8) is 0 Å². The highest BCUT2D eigenvalue weighted by atomic mass is 35.5. The Labute approximate surface area is 143 Å². The summed E-state index contributed by atoms with van der Waals surface area (Å²) in [5.41, 5.74) is 1.39. The summed E-state index contributed by atoms with van der Waals surface area (Å²) in [5, 5.41) is 15.1. The molecule has 1 N–H and O–H groups in total. The van der Waals surface area contributed by atoms with E-state index in [0.29, 0.717) is 27.9 Å². The van der Waals surface area contributed by atoms with Gasteiger partial charge in [0.05, 0.1) is 5.97 Å². The van der Waals surface area contributed by atoms with E-state index in [9.17, 15) is 14.7 Å². The monoisotopic (exact) mass is 348 g/mol. The van der Waals surface area contributed by atoms with E-state index in [-0.39, 0.29) is 11.5 Å². The molecule has 1 heterocycles. The Morgan fingerprint density at radius 2 is 2.00 bits per heavy atom. The Morgan fingerprint density at radius 1 is 1.30 bits per heavy atom. The minimum atomic E-state index is -1.23. The van der Waals surface area contributed by atoms with Crippen LogP contribution < -0.4 is 10.4 Å². The topological polar surface area (TPSA) is 69.2 Å². The van der Waals surface area contributed by atoms with Crippen molar-refractivity contribution in [3.8, 4) is 0 Å². The van der Waals surface area contributed by atoms with E-state index >= 15 is 0 Å². The first-order valence-corrected chi connectivity index (χ1v) is 8.58. The summed E-state index contributed by atoms with van der Waals surface area (Å²) in [6.07, 6.45) is 2.51. The molecule has 3 rings (SSSR count). The third-order valence-electron chi connectivity index (χ3n) is 4.05. The molecule has 4 nitrogen and oxygen atoms in total. The van der Waals surface area contributed by atoms with Crippen molar-refractivity contribution < 1.29 is 14.7 Å². The van der Waals surface area contributed by atoms with Gasteiger partial charge in [-0.15, -0.1) is 11.3 Å². The van der Waals surface area contributed by atoms with E-state index < -0.39 is 5.97 Å². The molecule has 0 bridgehead atoms. The molecule has 1 unspecified atom stereocenters. The lowest BCUT2D eigenvalue weighted by Crippen LogP contribution is -2.26. The van der Waals surface area contributed by atoms with Crippen LogP contribution in [0.1, 0.15) is 44.5 Å². The van der Waals surface area contributed by atoms with Crippen molar-refractivity contribution in [3.05, 3.63) is 50.9 Å². The largest absolute Gasteiger partial charge is 0.545 e. The maximum atomic E-state index is 12.3. The molecule has 1 aliphatic rings. The van der Waals surface area contributed by atoms with Crippen LogP contribution >= 0.6 is 22.9 Å². The molecule has 0 saturated heterocycles. The van der Waals surface area contributed by atoms with Crippen molar-refractivity contribution in [1.29, 1.82) is 0 Å². The molecule has 0 fully saturated rings. The summed E-state index contributed by atoms with van der Waals surface area (Å²) < 4.78 is 0. The zero-order valence-corrected chi connectivity index (χ0v) is 14.1. The molecule has 6 heteroatoms. The number of anilines is 1. The summed E-state index contributed by atoms with van der Waals surface area (Å²) in [7, 11) is 0. The first-order chi connectivity index (χ1) is 11.0. The fourth-order valence-corrected chi connectivity index (χ4v) is 4.35. The Hall–Kier alpha value is -1.85. The number of amides is 1. The molecule has 0 aliphatic heterocycles. The summed E-state index contributed by atoms with van der Waals surface area (Å²) >= 11 is 7.15. The lowest BCUT2D eigenvalue weighted by molar-refractivity contribution is -0.254. The summed E-state index contributed by atoms with van der Waals surface area (Å²) in [6.45, 7) is 2.15. The molecule has 0 saturated carbocycles. The number of nitrogens with one attached hydrogen (secondary N) is 1. The van der Waals surface area contributed by atoms with E-state index in [1.165, 1.54) is 11.3 Å². The molecule has 1 aliphatic carbocycles. The quantitative estimate of drug-likeness (QED) is 0.926. The summed E-state index contributed by atoms with van der Waals surface area (Å²) in [6, 6.07) is 6.45. The van der Waals surface area contributed by atoms with Crippen LogP contribution in [0.5, 0.6) is 0 Å². The number of carbonyl (C=O) groups excluding carboxylic acids is 2. The predicted octanol–water partition coefficient (Wildman–Crippen LogP) is 3.14. The zero-order chi connectivity index (χ0) is 16.6. The number of hydrogen-bond acceptors (Lipinski definition) is 4. The average Bonchev–Trinajstić information content (AvgIpc) is 2.84. The number of carboxylic acid groups (broad SMARTS) is 1. The summed E-state index contributed by atoms with van der Waals surface area (Å²) in [5.74, 6) is -1.06. The Balaban J connectivity index is 1.92. The maximum Gasteiger partial charge on any atom is 0.256 e. The number of rotatable bonds is 3. The second kappa shape index (κ2) is 6.34. The lowest BCUT2D eigenvalue weighted by Gasteiger charge is -2.19. The minimum Gasteiger partial charge on any atom is -0.545 e. The number of carboxylic acids is 1. The van der Waals surface area contributed by atoms with Crippen LogP contribution in [-0.4, -0.2) is 11.9 Å². The molecule has 120 valence electrons. The average molecular weight is 349 g/mol. The number of thiophene rings is 1. The number of fused-ring (bicyclic) bond motifs is 1. The standard InChI is InChI=1S/C17H16ClNO3S/c1-9-2-7-12-13(8-9)23-16(14(12)17(21)22)19-15(20)10-3-5-11(18)6-4-10/h3-6,9H,2,7-8H2,1H3,(H,19,20)(H,21,22)/p-1. The van der Waals surface area contributed by atoms with Gasteiger partial charge in [0, 0.05) is 21.0 Å². The molecule has 1 aromatic carbocycles. The van der Waals surface area contributed by atoms with Crippen LogP contribution in [0.2, 0.25) is 5.02 Å². The number of hydrogen-bond donors (Lipinski definition) is 1. The van der Waals surface area contributed by atoms with Gasteiger partial charge in [0.2, 0.25) is 0 Å². The van der Waals surface area contributed by atoms with Gasteiger partial charge in [-0.1, -0.05) is 18.5 Å². The second-order valence-corrected chi connectivity index (χ2v) is 7.35. The number of aromatic carboxylic acids is 1. The van der Waals surface area contributed by atoms with Gasteiger partial charge in [-0.2, -0.15) is 0 Å². The molecule has 2 aromatic rings.